The molecule has 1 fully saturated rings. The van der Waals surface area contributed by atoms with E-state index in [1.165, 1.54) is 0 Å². The first-order chi connectivity index (χ1) is 9.00. The van der Waals surface area contributed by atoms with E-state index in [1.54, 1.807) is 0 Å². The van der Waals surface area contributed by atoms with E-state index in [4.69, 9.17) is 9.57 Å². The van der Waals surface area contributed by atoms with Gasteiger partial charge in [0.1, 0.15) is 5.60 Å². The van der Waals surface area contributed by atoms with Crippen LogP contribution in [0.4, 0.5) is 0 Å². The summed E-state index contributed by atoms with van der Waals surface area (Å²) in [6, 6.07) is 0. The molecule has 2 rings (SSSR count). The first-order valence-corrected chi connectivity index (χ1v) is 6.41. The minimum atomic E-state index is -0.582. The van der Waals surface area contributed by atoms with Crippen LogP contribution in [0.5, 0.6) is 0 Å². The number of ether oxygens (including phenoxy) is 1. The van der Waals surface area contributed by atoms with Crippen LogP contribution in [-0.2, 0) is 24.0 Å². The van der Waals surface area contributed by atoms with Gasteiger partial charge in [0.25, 0.3) is 11.8 Å². The van der Waals surface area contributed by atoms with Crippen molar-refractivity contribution in [3.05, 3.63) is 12.2 Å². The first kappa shape index (κ1) is 13.7. The van der Waals surface area contributed by atoms with Crippen LogP contribution < -0.4 is 0 Å². The number of hydroxylamine groups is 2. The van der Waals surface area contributed by atoms with Gasteiger partial charge in [-0.2, -0.15) is 0 Å². The third-order valence-electron chi connectivity index (χ3n) is 3.35. The molecule has 0 bridgehead atoms. The summed E-state index contributed by atoms with van der Waals surface area (Å²) in [5, 5.41) is 0.560. The van der Waals surface area contributed by atoms with E-state index in [0.29, 0.717) is 5.06 Å². The van der Waals surface area contributed by atoms with Crippen molar-refractivity contribution in [1.29, 1.82) is 0 Å². The quantitative estimate of drug-likeness (QED) is 0.563. The molecule has 0 aromatic rings. The number of esters is 1. The smallest absolute Gasteiger partial charge is 0.335 e. The predicted molar refractivity (Wildman–Crippen MR) is 64.5 cm³/mol. The fraction of sp³-hybridized carbons (Fsp3) is 0.615. The van der Waals surface area contributed by atoms with E-state index in [9.17, 15) is 14.4 Å². The van der Waals surface area contributed by atoms with Crippen molar-refractivity contribution in [2.45, 2.75) is 44.6 Å². The first-order valence-electron chi connectivity index (χ1n) is 6.41. The van der Waals surface area contributed by atoms with Crippen LogP contribution in [0.15, 0.2) is 12.2 Å². The lowest BCUT2D eigenvalue weighted by atomic mass is 9.86. The summed E-state index contributed by atoms with van der Waals surface area (Å²) in [7, 11) is 0. The van der Waals surface area contributed by atoms with Crippen LogP contribution in [0.2, 0.25) is 0 Å². The lowest BCUT2D eigenvalue weighted by Crippen LogP contribution is -2.37. The Hall–Kier alpha value is -1.69. The van der Waals surface area contributed by atoms with Gasteiger partial charge in [0, 0.05) is 12.2 Å². The van der Waals surface area contributed by atoms with Crippen molar-refractivity contribution < 1.29 is 24.0 Å². The summed E-state index contributed by atoms with van der Waals surface area (Å²) in [5.41, 5.74) is -0.448. The highest BCUT2D eigenvalue weighted by atomic mass is 16.7. The average Bonchev–Trinajstić information content (AvgIpc) is 2.67. The molecular weight excluding hydrogens is 250 g/mol. The second kappa shape index (κ2) is 5.52. The molecule has 1 aliphatic heterocycles. The van der Waals surface area contributed by atoms with Gasteiger partial charge in [0.05, 0.1) is 0 Å². The number of carbonyl (C=O) groups is 3. The summed E-state index contributed by atoms with van der Waals surface area (Å²) in [6.07, 6.45) is 7.09. The Kier molecular flexibility index (Phi) is 3.99. The number of hydrogen-bond donors (Lipinski definition) is 0. The Labute approximate surface area is 111 Å². The van der Waals surface area contributed by atoms with Gasteiger partial charge in [-0.1, -0.05) is 6.42 Å². The molecule has 6 nitrogen and oxygen atoms in total. The SMILES string of the molecule is CC1(OC(=O)CON2C(=O)C=CC2=O)CCCCC1. The molecule has 104 valence electrons. The summed E-state index contributed by atoms with van der Waals surface area (Å²) in [4.78, 5) is 38.9. The molecule has 0 N–H and O–H groups in total. The normalized spacial score (nSPS) is 21.8. The number of amides is 2. The van der Waals surface area contributed by atoms with Gasteiger partial charge in [0.15, 0.2) is 6.61 Å². The van der Waals surface area contributed by atoms with E-state index in [1.807, 2.05) is 6.92 Å². The molecule has 2 amide bonds. The van der Waals surface area contributed by atoms with E-state index in [0.717, 1.165) is 44.3 Å². The van der Waals surface area contributed by atoms with Gasteiger partial charge in [0.2, 0.25) is 0 Å². The minimum Gasteiger partial charge on any atom is -0.458 e. The van der Waals surface area contributed by atoms with Crippen molar-refractivity contribution in [3.8, 4) is 0 Å². The molecule has 0 atom stereocenters. The van der Waals surface area contributed by atoms with Crippen LogP contribution in [-0.4, -0.2) is 35.1 Å². The van der Waals surface area contributed by atoms with Crippen molar-refractivity contribution >= 4 is 17.8 Å². The van der Waals surface area contributed by atoms with Gasteiger partial charge in [-0.3, -0.25) is 14.4 Å². The molecule has 1 heterocycles. The summed E-state index contributed by atoms with van der Waals surface area (Å²) in [6.45, 7) is 1.46. The minimum absolute atomic E-state index is 0.436. The van der Waals surface area contributed by atoms with Gasteiger partial charge in [-0.05, 0) is 32.6 Å². The Morgan fingerprint density at radius 3 is 2.37 bits per heavy atom. The van der Waals surface area contributed by atoms with E-state index < -0.39 is 30.0 Å². The highest BCUT2D eigenvalue weighted by Crippen LogP contribution is 2.31. The maximum Gasteiger partial charge on any atom is 0.335 e. The lowest BCUT2D eigenvalue weighted by molar-refractivity contribution is -0.197. The fourth-order valence-electron chi connectivity index (χ4n) is 2.34. The molecule has 1 saturated carbocycles. The summed E-state index contributed by atoms with van der Waals surface area (Å²) < 4.78 is 5.38. The van der Waals surface area contributed by atoms with Crippen molar-refractivity contribution in [2.75, 3.05) is 6.61 Å². The van der Waals surface area contributed by atoms with Crippen LogP contribution >= 0.6 is 0 Å². The largest absolute Gasteiger partial charge is 0.458 e. The molecule has 0 radical (unpaired) electrons. The number of imide groups is 1. The molecule has 0 aromatic heterocycles. The predicted octanol–water partition coefficient (Wildman–Crippen LogP) is 1.11. The summed E-state index contributed by atoms with van der Waals surface area (Å²) >= 11 is 0. The molecule has 0 spiro atoms. The molecule has 19 heavy (non-hydrogen) atoms. The maximum atomic E-state index is 11.7. The van der Waals surface area contributed by atoms with E-state index >= 15 is 0 Å². The Morgan fingerprint density at radius 1 is 1.21 bits per heavy atom. The van der Waals surface area contributed by atoms with Gasteiger partial charge in [-0.25, -0.2) is 4.79 Å². The maximum absolute atomic E-state index is 11.7. The third kappa shape index (κ3) is 3.41. The second-order valence-electron chi connectivity index (χ2n) is 5.06. The van der Waals surface area contributed by atoms with Gasteiger partial charge in [-0.15, -0.1) is 5.06 Å². The number of rotatable bonds is 4. The second-order valence-corrected chi connectivity index (χ2v) is 5.06. The summed E-state index contributed by atoms with van der Waals surface area (Å²) in [5.74, 6) is -1.72. The Morgan fingerprint density at radius 2 is 1.79 bits per heavy atom. The molecule has 2 aliphatic rings. The highest BCUT2D eigenvalue weighted by molar-refractivity contribution is 6.11. The molecule has 0 aromatic carbocycles. The molecule has 0 saturated heterocycles. The average molecular weight is 267 g/mol. The molecule has 6 heteroatoms. The number of hydrogen-bond acceptors (Lipinski definition) is 5. The van der Waals surface area contributed by atoms with E-state index in [2.05, 4.69) is 0 Å². The lowest BCUT2D eigenvalue weighted by Gasteiger charge is -2.33. The number of nitrogens with zero attached hydrogens (tertiary/aromatic N) is 1. The topological polar surface area (TPSA) is 72.9 Å². The highest BCUT2D eigenvalue weighted by Gasteiger charge is 2.32. The van der Waals surface area contributed by atoms with Crippen molar-refractivity contribution in [1.82, 2.24) is 5.06 Å². The third-order valence-corrected chi connectivity index (χ3v) is 3.35. The molecule has 1 aliphatic carbocycles. The molecular formula is C13H17NO5. The Balaban J connectivity index is 1.78. The van der Waals surface area contributed by atoms with E-state index in [-0.39, 0.29) is 0 Å². The van der Waals surface area contributed by atoms with Gasteiger partial charge < -0.3 is 4.74 Å². The van der Waals surface area contributed by atoms with Crippen LogP contribution in [0, 0.1) is 0 Å². The van der Waals surface area contributed by atoms with Crippen LogP contribution in [0.1, 0.15) is 39.0 Å². The standard InChI is InChI=1S/C13H17NO5/c1-13(7-3-2-4-8-13)19-12(17)9-18-14-10(15)5-6-11(14)16/h5-6H,2-4,7-9H2,1H3. The zero-order valence-corrected chi connectivity index (χ0v) is 10.9. The number of carbonyl (C=O) groups excluding carboxylic acids is 3. The van der Waals surface area contributed by atoms with Gasteiger partial charge >= 0.3 is 5.97 Å². The molecule has 0 unspecified atom stereocenters. The fourth-order valence-corrected chi connectivity index (χ4v) is 2.34. The monoisotopic (exact) mass is 267 g/mol. The van der Waals surface area contributed by atoms with Crippen molar-refractivity contribution in [2.24, 2.45) is 0 Å². The van der Waals surface area contributed by atoms with Crippen LogP contribution in [0.25, 0.3) is 0 Å². The Bertz CT molecular complexity index is 405. The van der Waals surface area contributed by atoms with Crippen molar-refractivity contribution in [3.63, 3.8) is 0 Å². The van der Waals surface area contributed by atoms with Crippen LogP contribution in [0.3, 0.4) is 0 Å². The zero-order chi connectivity index (χ0) is 13.9. The zero-order valence-electron chi connectivity index (χ0n) is 10.9.